The summed E-state index contributed by atoms with van der Waals surface area (Å²) in [7, 11) is 0. The quantitative estimate of drug-likeness (QED) is 0.633. The van der Waals surface area contributed by atoms with E-state index < -0.39 is 10.9 Å². The maximum absolute atomic E-state index is 11.1. The van der Waals surface area contributed by atoms with Crippen LogP contribution in [0.15, 0.2) is 24.4 Å². The second kappa shape index (κ2) is 5.71. The molecule has 0 aliphatic heterocycles. The number of carboxylic acids is 1. The van der Waals surface area contributed by atoms with Gasteiger partial charge in [-0.2, -0.15) is 5.10 Å². The zero-order valence-electron chi connectivity index (χ0n) is 11.2. The molecule has 8 nitrogen and oxygen atoms in total. The Balaban J connectivity index is 2.59. The molecule has 8 heteroatoms. The van der Waals surface area contributed by atoms with Crippen molar-refractivity contribution in [2.45, 2.75) is 13.3 Å². The number of nitro benzene ring substituents is 1. The van der Waals surface area contributed by atoms with Crippen LogP contribution in [0.1, 0.15) is 21.6 Å². The summed E-state index contributed by atoms with van der Waals surface area (Å²) in [5.41, 5.74) is 0.827. The molecule has 0 saturated heterocycles. The Morgan fingerprint density at radius 2 is 2.19 bits per heavy atom. The summed E-state index contributed by atoms with van der Waals surface area (Å²) in [6, 6.07) is 4.58. The summed E-state index contributed by atoms with van der Waals surface area (Å²) < 4.78 is 1.16. The van der Waals surface area contributed by atoms with Gasteiger partial charge >= 0.3 is 5.97 Å². The molecule has 2 aromatic rings. The van der Waals surface area contributed by atoms with Crippen LogP contribution in [0.25, 0.3) is 5.69 Å². The Bertz CT molecular complexity index is 708. The fourth-order valence-corrected chi connectivity index (χ4v) is 1.99. The first-order valence-electron chi connectivity index (χ1n) is 6.12. The molecule has 0 bridgehead atoms. The van der Waals surface area contributed by atoms with E-state index in [-0.39, 0.29) is 30.1 Å². The maximum Gasteiger partial charge on any atom is 0.356 e. The molecule has 2 N–H and O–H groups in total. The fourth-order valence-electron chi connectivity index (χ4n) is 1.99. The van der Waals surface area contributed by atoms with E-state index in [9.17, 15) is 14.9 Å². The van der Waals surface area contributed by atoms with Crippen LogP contribution in [0.4, 0.5) is 5.69 Å². The van der Waals surface area contributed by atoms with Gasteiger partial charge in [-0.25, -0.2) is 9.48 Å². The number of aryl methyl sites for hydroxylation is 1. The molecule has 0 aliphatic carbocycles. The third-order valence-corrected chi connectivity index (χ3v) is 2.95. The molecule has 0 saturated carbocycles. The lowest BCUT2D eigenvalue weighted by atomic mass is 10.2. The SMILES string of the molecule is Cc1ccc(-n2cc(CCO)c(C(=O)O)n2)c([N+](=O)[O-])c1. The van der Waals surface area contributed by atoms with Crippen molar-refractivity contribution in [3.8, 4) is 5.69 Å². The van der Waals surface area contributed by atoms with E-state index in [1.165, 1.54) is 18.3 Å². The molecule has 0 amide bonds. The molecule has 21 heavy (non-hydrogen) atoms. The second-order valence-electron chi connectivity index (χ2n) is 4.48. The zero-order chi connectivity index (χ0) is 15.6. The third kappa shape index (κ3) is 2.90. The second-order valence-corrected chi connectivity index (χ2v) is 4.48. The van der Waals surface area contributed by atoms with Gasteiger partial charge in [-0.3, -0.25) is 10.1 Å². The molecule has 110 valence electrons. The smallest absolute Gasteiger partial charge is 0.356 e. The first-order chi connectivity index (χ1) is 9.93. The topological polar surface area (TPSA) is 118 Å². The molecule has 0 unspecified atom stereocenters. The van der Waals surface area contributed by atoms with Crippen molar-refractivity contribution in [3.05, 3.63) is 51.3 Å². The minimum atomic E-state index is -1.24. The normalized spacial score (nSPS) is 10.6. The number of rotatable bonds is 5. The average molecular weight is 291 g/mol. The van der Waals surface area contributed by atoms with Gasteiger partial charge in [0.2, 0.25) is 0 Å². The molecule has 1 heterocycles. The van der Waals surface area contributed by atoms with Crippen molar-refractivity contribution in [2.75, 3.05) is 6.61 Å². The van der Waals surface area contributed by atoms with Gasteiger partial charge in [-0.15, -0.1) is 0 Å². The molecule has 0 atom stereocenters. The number of nitro groups is 1. The molecule has 1 aromatic heterocycles. The van der Waals surface area contributed by atoms with Crippen molar-refractivity contribution in [1.29, 1.82) is 0 Å². The van der Waals surface area contributed by atoms with Crippen LogP contribution >= 0.6 is 0 Å². The molecule has 0 aliphatic rings. The highest BCUT2D eigenvalue weighted by Crippen LogP contribution is 2.24. The van der Waals surface area contributed by atoms with Crippen LogP contribution in [0.5, 0.6) is 0 Å². The number of carbonyl (C=O) groups is 1. The lowest BCUT2D eigenvalue weighted by molar-refractivity contribution is -0.384. The molecular formula is C13H13N3O5. The standard InChI is InChI=1S/C13H13N3O5/c1-8-2-3-10(11(6-8)16(20)21)15-7-9(4-5-17)12(14-15)13(18)19/h2-3,6-7,17H,4-5H2,1H3,(H,18,19). The van der Waals surface area contributed by atoms with Gasteiger partial charge in [0.15, 0.2) is 5.69 Å². The molecule has 2 rings (SSSR count). The number of carboxylic acid groups (broad SMARTS) is 1. The minimum Gasteiger partial charge on any atom is -0.476 e. The van der Waals surface area contributed by atoms with Crippen molar-refractivity contribution in [1.82, 2.24) is 9.78 Å². The van der Waals surface area contributed by atoms with E-state index in [0.29, 0.717) is 11.1 Å². The number of nitrogens with zero attached hydrogens (tertiary/aromatic N) is 3. The number of aliphatic hydroxyl groups is 1. The Kier molecular flexibility index (Phi) is 3.99. The van der Waals surface area contributed by atoms with Gasteiger partial charge < -0.3 is 10.2 Å². The largest absolute Gasteiger partial charge is 0.476 e. The van der Waals surface area contributed by atoms with Crippen LogP contribution < -0.4 is 0 Å². The van der Waals surface area contributed by atoms with E-state index in [0.717, 1.165) is 4.68 Å². The van der Waals surface area contributed by atoms with Gasteiger partial charge in [0.05, 0.1) is 4.92 Å². The van der Waals surface area contributed by atoms with Crippen LogP contribution in [-0.2, 0) is 6.42 Å². The summed E-state index contributed by atoms with van der Waals surface area (Å²) in [6.07, 6.45) is 1.50. The zero-order valence-corrected chi connectivity index (χ0v) is 11.2. The monoisotopic (exact) mass is 291 g/mol. The number of aromatic carboxylic acids is 1. The predicted molar refractivity (Wildman–Crippen MR) is 72.7 cm³/mol. The van der Waals surface area contributed by atoms with Crippen molar-refractivity contribution >= 4 is 11.7 Å². The highest BCUT2D eigenvalue weighted by molar-refractivity contribution is 5.87. The van der Waals surface area contributed by atoms with Crippen LogP contribution in [-0.4, -0.2) is 37.5 Å². The molecule has 0 spiro atoms. The van der Waals surface area contributed by atoms with Gasteiger partial charge in [0.1, 0.15) is 5.69 Å². The number of hydrogen-bond donors (Lipinski definition) is 2. The third-order valence-electron chi connectivity index (χ3n) is 2.95. The highest BCUT2D eigenvalue weighted by atomic mass is 16.6. The predicted octanol–water partition coefficient (Wildman–Crippen LogP) is 1.32. The summed E-state index contributed by atoms with van der Waals surface area (Å²) in [5, 5.41) is 33.0. The van der Waals surface area contributed by atoms with E-state index in [4.69, 9.17) is 10.2 Å². The van der Waals surface area contributed by atoms with Crippen molar-refractivity contribution < 1.29 is 19.9 Å². The van der Waals surface area contributed by atoms with Crippen molar-refractivity contribution in [3.63, 3.8) is 0 Å². The Morgan fingerprint density at radius 3 is 2.76 bits per heavy atom. The van der Waals surface area contributed by atoms with E-state index in [1.54, 1.807) is 13.0 Å². The van der Waals surface area contributed by atoms with E-state index in [1.807, 2.05) is 0 Å². The first kappa shape index (κ1) is 14.7. The number of benzene rings is 1. The Morgan fingerprint density at radius 1 is 1.48 bits per heavy atom. The number of hydrogen-bond acceptors (Lipinski definition) is 5. The summed E-state index contributed by atoms with van der Waals surface area (Å²) in [4.78, 5) is 21.7. The first-order valence-corrected chi connectivity index (χ1v) is 6.12. The van der Waals surface area contributed by atoms with Gasteiger partial charge in [0.25, 0.3) is 5.69 Å². The van der Waals surface area contributed by atoms with Crippen LogP contribution in [0.2, 0.25) is 0 Å². The molecule has 0 radical (unpaired) electrons. The van der Waals surface area contributed by atoms with Gasteiger partial charge in [-0.1, -0.05) is 6.07 Å². The average Bonchev–Trinajstić information content (AvgIpc) is 2.83. The summed E-state index contributed by atoms with van der Waals surface area (Å²) in [5.74, 6) is -1.24. The van der Waals surface area contributed by atoms with Gasteiger partial charge in [-0.05, 0) is 25.0 Å². The Hall–Kier alpha value is -2.74. The minimum absolute atomic E-state index is 0.112. The summed E-state index contributed by atoms with van der Waals surface area (Å²) >= 11 is 0. The summed E-state index contributed by atoms with van der Waals surface area (Å²) in [6.45, 7) is 1.49. The lowest BCUT2D eigenvalue weighted by Crippen LogP contribution is -2.05. The van der Waals surface area contributed by atoms with Crippen LogP contribution in [0, 0.1) is 17.0 Å². The van der Waals surface area contributed by atoms with Gasteiger partial charge in [0, 0.05) is 24.4 Å². The van der Waals surface area contributed by atoms with Crippen molar-refractivity contribution in [2.24, 2.45) is 0 Å². The molecule has 1 aromatic carbocycles. The van der Waals surface area contributed by atoms with E-state index in [2.05, 4.69) is 5.10 Å². The maximum atomic E-state index is 11.1. The molecular weight excluding hydrogens is 278 g/mol. The van der Waals surface area contributed by atoms with E-state index >= 15 is 0 Å². The number of aliphatic hydroxyl groups excluding tert-OH is 1. The fraction of sp³-hybridized carbons (Fsp3) is 0.231. The highest BCUT2D eigenvalue weighted by Gasteiger charge is 2.21. The lowest BCUT2D eigenvalue weighted by Gasteiger charge is -2.03. The number of aromatic nitrogens is 2. The van der Waals surface area contributed by atoms with Crippen LogP contribution in [0.3, 0.4) is 0 Å². The Labute approximate surface area is 119 Å². The molecule has 0 fully saturated rings.